The van der Waals surface area contributed by atoms with Crippen LogP contribution in [0, 0.1) is 27.7 Å². The zero-order chi connectivity index (χ0) is 34.9. The van der Waals surface area contributed by atoms with E-state index in [2.05, 4.69) is 67.7 Å². The lowest BCUT2D eigenvalue weighted by atomic mass is 9.82. The number of ether oxygens (including phenoxy) is 1. The molecule has 0 fully saturated rings. The first-order valence-electron chi connectivity index (χ1n) is 17.7. The summed E-state index contributed by atoms with van der Waals surface area (Å²) >= 11 is 6.39. The van der Waals surface area contributed by atoms with Gasteiger partial charge in [0, 0.05) is 59.7 Å². The van der Waals surface area contributed by atoms with Gasteiger partial charge < -0.3 is 10.1 Å². The van der Waals surface area contributed by atoms with Gasteiger partial charge in [-0.15, -0.1) is 0 Å². The van der Waals surface area contributed by atoms with Crippen LogP contribution in [-0.2, 0) is 37.6 Å². The number of nitrogens with zero attached hydrogens (tertiary/aromatic N) is 3. The maximum Gasteiger partial charge on any atom is 0.248 e. The molecule has 2 aromatic heterocycles. The molecule has 0 saturated heterocycles. The molecule has 7 heteroatoms. The summed E-state index contributed by atoms with van der Waals surface area (Å²) in [4.78, 5) is 18.9. The van der Waals surface area contributed by atoms with E-state index in [1.807, 2.05) is 50.0 Å². The van der Waals surface area contributed by atoms with Crippen molar-refractivity contribution in [2.24, 2.45) is 7.05 Å². The Morgan fingerprint density at radius 1 is 0.980 bits per heavy atom. The second-order valence-electron chi connectivity index (χ2n) is 13.9. The highest BCUT2D eigenvalue weighted by molar-refractivity contribution is 6.32. The number of aromatic nitrogens is 3. The molecule has 1 atom stereocenters. The highest BCUT2D eigenvalue weighted by Crippen LogP contribution is 2.42. The number of hydrogen-bond donors (Lipinski definition) is 1. The molecule has 3 aromatic carbocycles. The van der Waals surface area contributed by atoms with E-state index in [-0.39, 0.29) is 5.91 Å². The summed E-state index contributed by atoms with van der Waals surface area (Å²) in [6.07, 6.45) is 7.16. The summed E-state index contributed by atoms with van der Waals surface area (Å²) in [5.41, 5.74) is 15.8. The van der Waals surface area contributed by atoms with Crippen LogP contribution in [-0.4, -0.2) is 27.3 Å². The van der Waals surface area contributed by atoms with Crippen molar-refractivity contribution in [1.82, 2.24) is 20.1 Å². The van der Waals surface area contributed by atoms with E-state index >= 15 is 0 Å². The van der Waals surface area contributed by atoms with E-state index in [0.29, 0.717) is 25.5 Å². The second-order valence-corrected chi connectivity index (χ2v) is 14.3. The summed E-state index contributed by atoms with van der Waals surface area (Å²) in [5.74, 6) is 1.19. The van der Waals surface area contributed by atoms with E-state index < -0.39 is 0 Å². The van der Waals surface area contributed by atoms with Gasteiger partial charge in [-0.05, 0) is 134 Å². The molecule has 50 heavy (non-hydrogen) atoms. The van der Waals surface area contributed by atoms with Gasteiger partial charge >= 0.3 is 0 Å². The molecule has 6 nitrogen and oxygen atoms in total. The minimum absolute atomic E-state index is 0.0170. The Labute approximate surface area is 300 Å². The van der Waals surface area contributed by atoms with Gasteiger partial charge in [0.05, 0.1) is 12.3 Å². The SMILES string of the molecule is Cc1cc(OCCCC2=C(C(=O)NCc3ccnc(C4CCc5ccccc5C4)c3)Cc3c2cccc3-c2c(C)nn(C)c2C)cc(C)c1Cl. The van der Waals surface area contributed by atoms with Crippen LogP contribution in [0.5, 0.6) is 5.75 Å². The van der Waals surface area contributed by atoms with Crippen molar-refractivity contribution in [3.05, 3.63) is 140 Å². The number of aryl methyl sites for hydroxylation is 5. The van der Waals surface area contributed by atoms with Crippen LogP contribution in [0.15, 0.2) is 78.5 Å². The normalized spacial score (nSPS) is 15.2. The van der Waals surface area contributed by atoms with Gasteiger partial charge in [0.2, 0.25) is 5.91 Å². The molecular weight excluding hydrogens is 640 g/mol. The number of rotatable bonds is 10. The lowest BCUT2D eigenvalue weighted by Crippen LogP contribution is -2.25. The van der Waals surface area contributed by atoms with Gasteiger partial charge in [0.15, 0.2) is 0 Å². The molecular formula is C43H45ClN4O2. The number of nitrogens with one attached hydrogen (secondary N) is 1. The average molecular weight is 685 g/mol. The molecule has 1 unspecified atom stereocenters. The van der Waals surface area contributed by atoms with Crippen LogP contribution in [0.1, 0.15) is 81.2 Å². The minimum atomic E-state index is -0.0170. The van der Waals surface area contributed by atoms with Gasteiger partial charge in [-0.2, -0.15) is 5.10 Å². The minimum Gasteiger partial charge on any atom is -0.494 e. The van der Waals surface area contributed by atoms with Gasteiger partial charge in [0.25, 0.3) is 0 Å². The zero-order valence-corrected chi connectivity index (χ0v) is 30.5. The van der Waals surface area contributed by atoms with Crippen molar-refractivity contribution in [2.45, 2.75) is 78.7 Å². The fourth-order valence-electron chi connectivity index (χ4n) is 7.90. The number of fused-ring (bicyclic) bond motifs is 2. The van der Waals surface area contributed by atoms with E-state index in [1.54, 1.807) is 0 Å². The Hall–Kier alpha value is -4.68. The first-order valence-corrected chi connectivity index (χ1v) is 18.1. The monoisotopic (exact) mass is 684 g/mol. The lowest BCUT2D eigenvalue weighted by Gasteiger charge is -2.24. The molecule has 5 aromatic rings. The molecule has 2 aliphatic rings. The van der Waals surface area contributed by atoms with Crippen molar-refractivity contribution >= 4 is 23.1 Å². The highest BCUT2D eigenvalue weighted by Gasteiger charge is 2.29. The Morgan fingerprint density at radius 3 is 2.50 bits per heavy atom. The lowest BCUT2D eigenvalue weighted by molar-refractivity contribution is -0.117. The van der Waals surface area contributed by atoms with Crippen LogP contribution in [0.3, 0.4) is 0 Å². The van der Waals surface area contributed by atoms with Crippen molar-refractivity contribution in [2.75, 3.05) is 6.61 Å². The molecule has 7 rings (SSSR count). The van der Waals surface area contributed by atoms with Crippen molar-refractivity contribution in [3.8, 4) is 16.9 Å². The summed E-state index contributed by atoms with van der Waals surface area (Å²) < 4.78 is 8.12. The Kier molecular flexibility index (Phi) is 9.65. The molecule has 0 spiro atoms. The van der Waals surface area contributed by atoms with Gasteiger partial charge in [-0.3, -0.25) is 14.5 Å². The van der Waals surface area contributed by atoms with Crippen LogP contribution in [0.4, 0.5) is 0 Å². The fourth-order valence-corrected chi connectivity index (χ4v) is 8.01. The third-order valence-corrected chi connectivity index (χ3v) is 11.2. The summed E-state index contributed by atoms with van der Waals surface area (Å²) in [6.45, 7) is 9.16. The molecule has 0 saturated carbocycles. The van der Waals surface area contributed by atoms with E-state index in [1.165, 1.54) is 16.7 Å². The van der Waals surface area contributed by atoms with E-state index in [0.717, 1.165) is 104 Å². The predicted octanol–water partition coefficient (Wildman–Crippen LogP) is 9.13. The van der Waals surface area contributed by atoms with E-state index in [9.17, 15) is 4.79 Å². The van der Waals surface area contributed by atoms with Crippen LogP contribution in [0.25, 0.3) is 16.7 Å². The van der Waals surface area contributed by atoms with Gasteiger partial charge in [0.1, 0.15) is 5.75 Å². The zero-order valence-electron chi connectivity index (χ0n) is 29.7. The molecule has 2 heterocycles. The van der Waals surface area contributed by atoms with Crippen molar-refractivity contribution in [1.29, 1.82) is 0 Å². The number of benzene rings is 3. The number of carbonyl (C=O) groups excluding carboxylic acids is 1. The number of allylic oxidation sites excluding steroid dienone is 1. The molecule has 1 amide bonds. The number of pyridine rings is 1. The third-order valence-electron chi connectivity index (χ3n) is 10.6. The van der Waals surface area contributed by atoms with Crippen LogP contribution in [0.2, 0.25) is 5.02 Å². The highest BCUT2D eigenvalue weighted by atomic mass is 35.5. The number of hydrogen-bond acceptors (Lipinski definition) is 4. The Morgan fingerprint density at radius 2 is 1.74 bits per heavy atom. The summed E-state index contributed by atoms with van der Waals surface area (Å²) in [7, 11) is 1.99. The molecule has 256 valence electrons. The smallest absolute Gasteiger partial charge is 0.248 e. The quantitative estimate of drug-likeness (QED) is 0.149. The fraction of sp³-hybridized carbons (Fsp3) is 0.326. The molecule has 0 radical (unpaired) electrons. The predicted molar refractivity (Wildman–Crippen MR) is 202 cm³/mol. The summed E-state index contributed by atoms with van der Waals surface area (Å²) in [5, 5.41) is 8.76. The van der Waals surface area contributed by atoms with Crippen LogP contribution < -0.4 is 10.1 Å². The van der Waals surface area contributed by atoms with Crippen molar-refractivity contribution in [3.63, 3.8) is 0 Å². The maximum atomic E-state index is 14.1. The largest absolute Gasteiger partial charge is 0.494 e. The molecule has 0 aliphatic heterocycles. The second kappa shape index (κ2) is 14.3. The Bertz CT molecular complexity index is 2100. The first kappa shape index (κ1) is 33.8. The average Bonchev–Trinajstić information content (AvgIpc) is 3.62. The molecule has 1 N–H and O–H groups in total. The van der Waals surface area contributed by atoms with Gasteiger partial charge in [-0.1, -0.05) is 54.1 Å². The van der Waals surface area contributed by atoms with E-state index in [4.69, 9.17) is 26.4 Å². The van der Waals surface area contributed by atoms with Gasteiger partial charge in [-0.25, -0.2) is 0 Å². The molecule has 0 bridgehead atoms. The number of halogens is 1. The Balaban J connectivity index is 1.11. The number of amides is 1. The first-order chi connectivity index (χ1) is 24.2. The number of carbonyl (C=O) groups is 1. The standard InChI is InChI=1S/C43H45ClN4O2/c1-26-20-34(21-27(2)42(26)44)50-19-9-14-36-35-12-8-13-37(41-28(3)47-48(5)29(41)4)38(35)24-39(36)43(49)46-25-30-17-18-45-40(22-30)33-16-15-31-10-6-7-11-32(31)23-33/h6-8,10-13,17-18,20-22,33H,9,14-16,19,23-25H2,1-5H3,(H,46,49). The topological polar surface area (TPSA) is 69.0 Å². The van der Waals surface area contributed by atoms with Crippen LogP contribution >= 0.6 is 11.6 Å². The molecule has 2 aliphatic carbocycles. The third kappa shape index (κ3) is 6.74. The maximum absolute atomic E-state index is 14.1. The summed E-state index contributed by atoms with van der Waals surface area (Å²) in [6, 6.07) is 23.4. The van der Waals surface area contributed by atoms with Crippen molar-refractivity contribution < 1.29 is 9.53 Å².